The summed E-state index contributed by atoms with van der Waals surface area (Å²) < 4.78 is 13.8. The lowest BCUT2D eigenvalue weighted by atomic mass is 10.1. The lowest BCUT2D eigenvalue weighted by Crippen LogP contribution is -2.33. The molecule has 0 unspecified atom stereocenters. The third-order valence-electron chi connectivity index (χ3n) is 3.30. The Morgan fingerprint density at radius 3 is 2.89 bits per heavy atom. The zero-order valence-corrected chi connectivity index (χ0v) is 12.0. The van der Waals surface area contributed by atoms with Gasteiger partial charge in [0.25, 0.3) is 0 Å². The Labute approximate surface area is 120 Å². The molecule has 0 radical (unpaired) electrons. The summed E-state index contributed by atoms with van der Waals surface area (Å²) in [6, 6.07) is 13.5. The third-order valence-corrected chi connectivity index (χ3v) is 3.91. The molecule has 0 atom stereocenters. The van der Waals surface area contributed by atoms with Gasteiger partial charge in [-0.2, -0.15) is 0 Å². The Morgan fingerprint density at radius 1 is 1.21 bits per heavy atom. The highest BCUT2D eigenvalue weighted by atomic mass is 79.9. The number of anilines is 2. The maximum absolute atomic E-state index is 13.2. The lowest BCUT2D eigenvalue weighted by molar-refractivity contribution is 0.619. The van der Waals surface area contributed by atoms with E-state index < -0.39 is 0 Å². The number of halogens is 2. The minimum Gasteiger partial charge on any atom is -0.382 e. The Kier molecular flexibility index (Phi) is 3.42. The van der Waals surface area contributed by atoms with Crippen molar-refractivity contribution in [1.82, 2.24) is 0 Å². The van der Waals surface area contributed by atoms with Crippen molar-refractivity contribution in [1.29, 1.82) is 0 Å². The van der Waals surface area contributed by atoms with Gasteiger partial charge in [-0.25, -0.2) is 4.39 Å². The van der Waals surface area contributed by atoms with Crippen LogP contribution in [0, 0.1) is 5.82 Å². The molecule has 98 valence electrons. The van der Waals surface area contributed by atoms with E-state index in [0.29, 0.717) is 4.47 Å². The molecule has 19 heavy (non-hydrogen) atoms. The van der Waals surface area contributed by atoms with Crippen molar-refractivity contribution >= 4 is 27.3 Å². The summed E-state index contributed by atoms with van der Waals surface area (Å²) >= 11 is 3.24. The first kappa shape index (κ1) is 12.5. The molecule has 1 heterocycles. The summed E-state index contributed by atoms with van der Waals surface area (Å²) in [7, 11) is 0. The summed E-state index contributed by atoms with van der Waals surface area (Å²) in [4.78, 5) is 2.31. The Hall–Kier alpha value is -1.55. The lowest BCUT2D eigenvalue weighted by Gasteiger charge is -2.32. The molecule has 0 fully saturated rings. The minimum absolute atomic E-state index is 0.218. The zero-order valence-electron chi connectivity index (χ0n) is 10.4. The second-order valence-corrected chi connectivity index (χ2v) is 5.47. The number of hydrogen-bond donors (Lipinski definition) is 1. The maximum atomic E-state index is 13.2. The van der Waals surface area contributed by atoms with Gasteiger partial charge >= 0.3 is 0 Å². The van der Waals surface area contributed by atoms with Crippen molar-refractivity contribution in [3.63, 3.8) is 0 Å². The van der Waals surface area contributed by atoms with Crippen molar-refractivity contribution in [3.05, 3.63) is 58.3 Å². The molecular weight excluding hydrogens is 307 g/mol. The standard InChI is InChI=1S/C15H14BrFN2/c16-12-9-11(5-6-13(12)17)10-19-8-7-18-14-3-1-2-4-15(14)19/h1-6,9,18H,7-8,10H2. The van der Waals surface area contributed by atoms with Gasteiger partial charge in [0.05, 0.1) is 15.8 Å². The van der Waals surface area contributed by atoms with Crippen LogP contribution in [0.5, 0.6) is 0 Å². The van der Waals surface area contributed by atoms with Crippen LogP contribution in [0.15, 0.2) is 46.9 Å². The minimum atomic E-state index is -0.218. The van der Waals surface area contributed by atoms with E-state index in [-0.39, 0.29) is 5.82 Å². The second kappa shape index (κ2) is 5.21. The molecule has 0 bridgehead atoms. The number of fused-ring (bicyclic) bond motifs is 1. The van der Waals surface area contributed by atoms with E-state index in [1.165, 1.54) is 11.8 Å². The topological polar surface area (TPSA) is 15.3 Å². The SMILES string of the molecule is Fc1ccc(CN2CCNc3ccccc32)cc1Br. The molecular formula is C15H14BrFN2. The van der Waals surface area contributed by atoms with Gasteiger partial charge in [0, 0.05) is 19.6 Å². The summed E-state index contributed by atoms with van der Waals surface area (Å²) in [6.45, 7) is 2.67. The molecule has 3 rings (SSSR count). The Morgan fingerprint density at radius 2 is 2.05 bits per heavy atom. The van der Waals surface area contributed by atoms with Crippen LogP contribution < -0.4 is 10.2 Å². The fourth-order valence-electron chi connectivity index (χ4n) is 2.37. The molecule has 0 aromatic heterocycles. The van der Waals surface area contributed by atoms with E-state index in [0.717, 1.165) is 30.9 Å². The smallest absolute Gasteiger partial charge is 0.137 e. The molecule has 1 aliphatic heterocycles. The number of nitrogens with zero attached hydrogens (tertiary/aromatic N) is 1. The predicted octanol–water partition coefficient (Wildman–Crippen LogP) is 4.02. The van der Waals surface area contributed by atoms with Gasteiger partial charge in [-0.15, -0.1) is 0 Å². The van der Waals surface area contributed by atoms with Crippen LogP contribution >= 0.6 is 15.9 Å². The molecule has 0 saturated carbocycles. The van der Waals surface area contributed by atoms with E-state index in [1.54, 1.807) is 0 Å². The normalized spacial score (nSPS) is 13.9. The third kappa shape index (κ3) is 2.59. The van der Waals surface area contributed by atoms with Gasteiger partial charge in [0.15, 0.2) is 0 Å². The van der Waals surface area contributed by atoms with Crippen LogP contribution in [0.1, 0.15) is 5.56 Å². The van der Waals surface area contributed by atoms with Crippen molar-refractivity contribution in [3.8, 4) is 0 Å². The van der Waals surface area contributed by atoms with Gasteiger partial charge in [-0.05, 0) is 45.8 Å². The average molecular weight is 321 g/mol. The van der Waals surface area contributed by atoms with E-state index >= 15 is 0 Å². The molecule has 1 N–H and O–H groups in total. The molecule has 0 aliphatic carbocycles. The van der Waals surface area contributed by atoms with Crippen LogP contribution in [0.25, 0.3) is 0 Å². The van der Waals surface area contributed by atoms with Crippen LogP contribution in [-0.2, 0) is 6.54 Å². The number of rotatable bonds is 2. The first-order valence-electron chi connectivity index (χ1n) is 6.26. The fraction of sp³-hybridized carbons (Fsp3) is 0.200. The summed E-state index contributed by atoms with van der Waals surface area (Å²) in [6.07, 6.45) is 0. The highest BCUT2D eigenvalue weighted by molar-refractivity contribution is 9.10. The molecule has 2 aromatic rings. The largest absolute Gasteiger partial charge is 0.382 e. The predicted molar refractivity (Wildman–Crippen MR) is 80.1 cm³/mol. The second-order valence-electron chi connectivity index (χ2n) is 4.61. The van der Waals surface area contributed by atoms with Gasteiger partial charge in [-0.1, -0.05) is 18.2 Å². The Balaban J connectivity index is 1.86. The molecule has 1 aliphatic rings. The van der Waals surface area contributed by atoms with Crippen LogP contribution in [0.3, 0.4) is 0 Å². The Bertz CT molecular complexity index is 600. The molecule has 0 spiro atoms. The first-order valence-corrected chi connectivity index (χ1v) is 7.05. The van der Waals surface area contributed by atoms with Crippen molar-refractivity contribution in [2.75, 3.05) is 23.3 Å². The van der Waals surface area contributed by atoms with Gasteiger partial charge in [-0.3, -0.25) is 0 Å². The molecule has 0 amide bonds. The highest BCUT2D eigenvalue weighted by Crippen LogP contribution is 2.30. The van der Waals surface area contributed by atoms with Gasteiger partial charge in [0.1, 0.15) is 5.82 Å². The molecule has 0 saturated heterocycles. The summed E-state index contributed by atoms with van der Waals surface area (Å²) in [5, 5.41) is 3.39. The van der Waals surface area contributed by atoms with Crippen LogP contribution in [-0.4, -0.2) is 13.1 Å². The van der Waals surface area contributed by atoms with Crippen molar-refractivity contribution < 1.29 is 4.39 Å². The van der Waals surface area contributed by atoms with Crippen molar-refractivity contribution in [2.45, 2.75) is 6.54 Å². The van der Waals surface area contributed by atoms with Crippen LogP contribution in [0.4, 0.5) is 15.8 Å². The van der Waals surface area contributed by atoms with E-state index in [9.17, 15) is 4.39 Å². The maximum Gasteiger partial charge on any atom is 0.137 e. The van der Waals surface area contributed by atoms with Gasteiger partial charge < -0.3 is 10.2 Å². The van der Waals surface area contributed by atoms with Gasteiger partial charge in [0.2, 0.25) is 0 Å². The zero-order chi connectivity index (χ0) is 13.2. The van der Waals surface area contributed by atoms with E-state index in [2.05, 4.69) is 38.3 Å². The number of benzene rings is 2. The van der Waals surface area contributed by atoms with E-state index in [1.807, 2.05) is 24.3 Å². The molecule has 2 aromatic carbocycles. The summed E-state index contributed by atoms with van der Waals surface area (Å²) in [5.74, 6) is -0.218. The first-order chi connectivity index (χ1) is 9.24. The highest BCUT2D eigenvalue weighted by Gasteiger charge is 2.16. The quantitative estimate of drug-likeness (QED) is 0.899. The average Bonchev–Trinajstić information content (AvgIpc) is 2.43. The van der Waals surface area contributed by atoms with E-state index in [4.69, 9.17) is 0 Å². The number of para-hydroxylation sites is 2. The molecule has 4 heteroatoms. The van der Waals surface area contributed by atoms with Crippen LogP contribution in [0.2, 0.25) is 0 Å². The summed E-state index contributed by atoms with van der Waals surface area (Å²) in [5.41, 5.74) is 3.47. The number of nitrogens with one attached hydrogen (secondary N) is 1. The molecule has 2 nitrogen and oxygen atoms in total. The monoisotopic (exact) mass is 320 g/mol. The van der Waals surface area contributed by atoms with Crippen molar-refractivity contribution in [2.24, 2.45) is 0 Å². The number of hydrogen-bond acceptors (Lipinski definition) is 2. The fourth-order valence-corrected chi connectivity index (χ4v) is 2.79.